The summed E-state index contributed by atoms with van der Waals surface area (Å²) >= 11 is 9.23. The van der Waals surface area contributed by atoms with E-state index in [2.05, 4.69) is 21.2 Å². The maximum absolute atomic E-state index is 12.2. The summed E-state index contributed by atoms with van der Waals surface area (Å²) in [6, 6.07) is 9.00. The highest BCUT2D eigenvalue weighted by atomic mass is 79.9. The Labute approximate surface area is 139 Å². The van der Waals surface area contributed by atoms with Crippen LogP contribution in [0.15, 0.2) is 40.9 Å². The minimum atomic E-state index is -0.583. The van der Waals surface area contributed by atoms with Crippen molar-refractivity contribution >= 4 is 44.8 Å². The molecule has 2 aromatic rings. The molecule has 0 bridgehead atoms. The second-order valence-corrected chi connectivity index (χ2v) is 5.54. The highest BCUT2D eigenvalue weighted by molar-refractivity contribution is 9.10. The molecule has 0 unspecified atom stereocenters. The molecule has 0 heterocycles. The molecular formula is C14H10BrClN2O4. The zero-order valence-electron chi connectivity index (χ0n) is 11.3. The molecule has 0 aliphatic rings. The number of nitrogens with zero attached hydrogens (tertiary/aromatic N) is 1. The minimum Gasteiger partial charge on any atom is -0.490 e. The smallest absolute Gasteiger partial charge is 0.312 e. The first-order chi connectivity index (χ1) is 10.4. The monoisotopic (exact) mass is 384 g/mol. The van der Waals surface area contributed by atoms with Gasteiger partial charge >= 0.3 is 5.69 Å². The number of amides is 1. The summed E-state index contributed by atoms with van der Waals surface area (Å²) in [7, 11) is 1.34. The van der Waals surface area contributed by atoms with Crippen LogP contribution in [0.5, 0.6) is 5.75 Å². The Balaban J connectivity index is 2.30. The van der Waals surface area contributed by atoms with Crippen LogP contribution in [-0.4, -0.2) is 17.9 Å². The fraction of sp³-hybridized carbons (Fsp3) is 0.0714. The van der Waals surface area contributed by atoms with E-state index >= 15 is 0 Å². The van der Waals surface area contributed by atoms with E-state index in [-0.39, 0.29) is 27.7 Å². The van der Waals surface area contributed by atoms with E-state index in [4.69, 9.17) is 16.3 Å². The number of anilines is 1. The van der Waals surface area contributed by atoms with E-state index in [9.17, 15) is 14.9 Å². The van der Waals surface area contributed by atoms with Crippen LogP contribution in [0.4, 0.5) is 11.4 Å². The van der Waals surface area contributed by atoms with Crippen molar-refractivity contribution in [3.8, 4) is 5.75 Å². The zero-order chi connectivity index (χ0) is 16.3. The number of hydrogen-bond donors (Lipinski definition) is 1. The quantitative estimate of drug-likeness (QED) is 0.629. The van der Waals surface area contributed by atoms with Gasteiger partial charge in [0.05, 0.1) is 22.6 Å². The van der Waals surface area contributed by atoms with Crippen molar-refractivity contribution < 1.29 is 14.5 Å². The molecule has 6 nitrogen and oxygen atoms in total. The summed E-state index contributed by atoms with van der Waals surface area (Å²) in [5, 5.41) is 13.8. The van der Waals surface area contributed by atoms with Crippen LogP contribution in [0.3, 0.4) is 0 Å². The second-order valence-electron chi connectivity index (χ2n) is 4.22. The van der Waals surface area contributed by atoms with Crippen LogP contribution in [0.2, 0.25) is 5.02 Å². The van der Waals surface area contributed by atoms with E-state index in [1.807, 2.05) is 0 Å². The molecule has 0 saturated heterocycles. The van der Waals surface area contributed by atoms with Crippen molar-refractivity contribution in [3.63, 3.8) is 0 Å². The van der Waals surface area contributed by atoms with Gasteiger partial charge in [0.2, 0.25) is 0 Å². The van der Waals surface area contributed by atoms with Gasteiger partial charge in [0, 0.05) is 16.2 Å². The fourth-order valence-electron chi connectivity index (χ4n) is 1.78. The minimum absolute atomic E-state index is 0.114. The standard InChI is InChI=1S/C14H10BrClN2O4/c1-22-13-5-3-9(7-12(13)18(20)21)17-14(19)10-6-8(15)2-4-11(10)16/h2-7H,1H3,(H,17,19). The lowest BCUT2D eigenvalue weighted by Crippen LogP contribution is -2.12. The normalized spacial score (nSPS) is 10.1. The fourth-order valence-corrected chi connectivity index (χ4v) is 2.34. The molecule has 8 heteroatoms. The maximum Gasteiger partial charge on any atom is 0.312 e. The molecule has 0 atom stereocenters. The van der Waals surface area contributed by atoms with Gasteiger partial charge in [-0.25, -0.2) is 0 Å². The molecule has 1 N–H and O–H groups in total. The van der Waals surface area contributed by atoms with E-state index in [1.54, 1.807) is 18.2 Å². The first kappa shape index (κ1) is 16.3. The Hall–Kier alpha value is -2.12. The number of carbonyl (C=O) groups is 1. The summed E-state index contributed by atoms with van der Waals surface area (Å²) in [5.41, 5.74) is 0.295. The topological polar surface area (TPSA) is 81.5 Å². The highest BCUT2D eigenvalue weighted by Crippen LogP contribution is 2.30. The van der Waals surface area contributed by atoms with E-state index in [1.165, 1.54) is 25.3 Å². The summed E-state index contributed by atoms with van der Waals surface area (Å²) in [4.78, 5) is 22.6. The maximum atomic E-state index is 12.2. The van der Waals surface area contributed by atoms with Gasteiger partial charge in [0.25, 0.3) is 5.91 Å². The van der Waals surface area contributed by atoms with Crippen molar-refractivity contribution in [2.75, 3.05) is 12.4 Å². The van der Waals surface area contributed by atoms with Crippen molar-refractivity contribution in [1.82, 2.24) is 0 Å². The average Bonchev–Trinajstić information content (AvgIpc) is 2.49. The van der Waals surface area contributed by atoms with Gasteiger partial charge in [-0.15, -0.1) is 0 Å². The Morgan fingerprint density at radius 1 is 1.32 bits per heavy atom. The lowest BCUT2D eigenvalue weighted by molar-refractivity contribution is -0.385. The Bertz CT molecular complexity index is 752. The van der Waals surface area contributed by atoms with Crippen LogP contribution in [-0.2, 0) is 0 Å². The number of ether oxygens (including phenoxy) is 1. The largest absolute Gasteiger partial charge is 0.490 e. The average molecular weight is 386 g/mol. The lowest BCUT2D eigenvalue weighted by atomic mass is 10.2. The highest BCUT2D eigenvalue weighted by Gasteiger charge is 2.17. The van der Waals surface area contributed by atoms with Crippen molar-refractivity contribution in [3.05, 3.63) is 61.6 Å². The van der Waals surface area contributed by atoms with Crippen LogP contribution < -0.4 is 10.1 Å². The third-order valence-corrected chi connectivity index (χ3v) is 3.63. The molecule has 0 fully saturated rings. The number of rotatable bonds is 4. The third-order valence-electron chi connectivity index (χ3n) is 2.81. The lowest BCUT2D eigenvalue weighted by Gasteiger charge is -2.08. The van der Waals surface area contributed by atoms with Gasteiger partial charge in [-0.1, -0.05) is 27.5 Å². The van der Waals surface area contributed by atoms with Gasteiger partial charge < -0.3 is 10.1 Å². The molecule has 0 aliphatic heterocycles. The number of halogens is 2. The van der Waals surface area contributed by atoms with Gasteiger partial charge in [-0.2, -0.15) is 0 Å². The van der Waals surface area contributed by atoms with Gasteiger partial charge in [0.1, 0.15) is 0 Å². The summed E-state index contributed by atoms with van der Waals surface area (Å²) in [6.07, 6.45) is 0. The predicted octanol–water partition coefficient (Wildman–Crippen LogP) is 4.27. The number of hydrogen-bond acceptors (Lipinski definition) is 4. The molecule has 2 aromatic carbocycles. The molecule has 1 amide bonds. The van der Waals surface area contributed by atoms with E-state index in [0.29, 0.717) is 4.47 Å². The molecule has 114 valence electrons. The molecule has 0 aliphatic carbocycles. The molecule has 0 spiro atoms. The van der Waals surface area contributed by atoms with E-state index in [0.717, 1.165) is 0 Å². The van der Waals surface area contributed by atoms with E-state index < -0.39 is 10.8 Å². The SMILES string of the molecule is COc1ccc(NC(=O)c2cc(Br)ccc2Cl)cc1[N+](=O)[O-]. The van der Waals surface area contributed by atoms with Crippen LogP contribution in [0.1, 0.15) is 10.4 Å². The first-order valence-electron chi connectivity index (χ1n) is 6.01. The molecule has 2 rings (SSSR count). The van der Waals surface area contributed by atoms with Gasteiger partial charge in [-0.05, 0) is 30.3 Å². The molecule has 0 saturated carbocycles. The Kier molecular flexibility index (Phi) is 4.99. The first-order valence-corrected chi connectivity index (χ1v) is 7.18. The molecular weight excluding hydrogens is 376 g/mol. The number of methoxy groups -OCH3 is 1. The number of nitro benzene ring substituents is 1. The van der Waals surface area contributed by atoms with Gasteiger partial charge in [0.15, 0.2) is 5.75 Å². The summed E-state index contributed by atoms with van der Waals surface area (Å²) < 4.78 is 5.60. The number of nitrogens with one attached hydrogen (secondary N) is 1. The number of benzene rings is 2. The van der Waals surface area contributed by atoms with Crippen molar-refractivity contribution in [2.24, 2.45) is 0 Å². The van der Waals surface area contributed by atoms with Crippen LogP contribution in [0, 0.1) is 10.1 Å². The van der Waals surface area contributed by atoms with Crippen molar-refractivity contribution in [2.45, 2.75) is 0 Å². The Morgan fingerprint density at radius 2 is 2.05 bits per heavy atom. The zero-order valence-corrected chi connectivity index (χ0v) is 13.6. The van der Waals surface area contributed by atoms with Crippen LogP contribution in [0.25, 0.3) is 0 Å². The summed E-state index contributed by atoms with van der Waals surface area (Å²) in [5.74, 6) is -0.353. The van der Waals surface area contributed by atoms with Crippen LogP contribution >= 0.6 is 27.5 Å². The number of nitro groups is 1. The number of carbonyl (C=O) groups excluding carboxylic acids is 1. The van der Waals surface area contributed by atoms with Gasteiger partial charge in [-0.3, -0.25) is 14.9 Å². The third kappa shape index (κ3) is 3.55. The molecule has 0 aromatic heterocycles. The molecule has 0 radical (unpaired) electrons. The summed E-state index contributed by atoms with van der Waals surface area (Å²) in [6.45, 7) is 0. The molecule has 22 heavy (non-hydrogen) atoms. The Morgan fingerprint density at radius 3 is 2.68 bits per heavy atom. The second kappa shape index (κ2) is 6.76. The van der Waals surface area contributed by atoms with Crippen molar-refractivity contribution in [1.29, 1.82) is 0 Å². The predicted molar refractivity (Wildman–Crippen MR) is 86.8 cm³/mol.